The summed E-state index contributed by atoms with van der Waals surface area (Å²) in [5.41, 5.74) is 5.57. The maximum Gasteiger partial charge on any atom is 0.291 e. The molecule has 0 saturated carbocycles. The van der Waals surface area contributed by atoms with E-state index in [9.17, 15) is 9.59 Å². The monoisotopic (exact) mass is 526 g/mol. The number of anilines is 3. The molecule has 0 radical (unpaired) electrons. The van der Waals surface area contributed by atoms with Gasteiger partial charge in [-0.2, -0.15) is 5.10 Å². The molecule has 2 aromatic heterocycles. The number of piperazine rings is 1. The van der Waals surface area contributed by atoms with E-state index in [1.165, 1.54) is 11.3 Å². The molecule has 4 aromatic rings. The summed E-state index contributed by atoms with van der Waals surface area (Å²) in [6, 6.07) is 17.3. The summed E-state index contributed by atoms with van der Waals surface area (Å²) in [5.74, 6) is 0.371. The van der Waals surface area contributed by atoms with Crippen molar-refractivity contribution >= 4 is 28.9 Å². The fourth-order valence-corrected chi connectivity index (χ4v) is 4.91. The summed E-state index contributed by atoms with van der Waals surface area (Å²) in [6.45, 7) is 7.76. The predicted molar refractivity (Wildman–Crippen MR) is 153 cm³/mol. The van der Waals surface area contributed by atoms with Gasteiger partial charge < -0.3 is 24.9 Å². The fourth-order valence-electron chi connectivity index (χ4n) is 4.91. The first-order valence-corrected chi connectivity index (χ1v) is 13.3. The van der Waals surface area contributed by atoms with Gasteiger partial charge in [0.05, 0.1) is 17.6 Å². The van der Waals surface area contributed by atoms with Gasteiger partial charge in [-0.15, -0.1) is 0 Å². The maximum atomic E-state index is 13.0. The van der Waals surface area contributed by atoms with Gasteiger partial charge in [-0.25, -0.2) is 0 Å². The number of hydrogen-bond donors (Lipinski definition) is 3. The van der Waals surface area contributed by atoms with E-state index in [1.807, 2.05) is 18.3 Å². The van der Waals surface area contributed by atoms with E-state index >= 15 is 0 Å². The van der Waals surface area contributed by atoms with E-state index in [2.05, 4.69) is 61.8 Å². The molecule has 3 N–H and O–H groups in total. The van der Waals surface area contributed by atoms with Gasteiger partial charge in [0.2, 0.25) is 0 Å². The Morgan fingerprint density at radius 3 is 2.41 bits per heavy atom. The second-order valence-corrected chi connectivity index (χ2v) is 9.82. The minimum absolute atomic E-state index is 0.178. The number of carbonyl (C=O) groups excluding carboxylic acids is 2. The van der Waals surface area contributed by atoms with E-state index in [-0.39, 0.29) is 17.6 Å². The molecule has 9 heteroatoms. The van der Waals surface area contributed by atoms with Crippen LogP contribution in [-0.2, 0) is 6.42 Å². The third-order valence-corrected chi connectivity index (χ3v) is 7.03. The Morgan fingerprint density at radius 2 is 1.72 bits per heavy atom. The number of nitrogens with one attached hydrogen (secondary N) is 3. The molecule has 1 fully saturated rings. The lowest BCUT2D eigenvalue weighted by atomic mass is 10.1. The van der Waals surface area contributed by atoms with Crippen LogP contribution in [0, 0.1) is 13.8 Å². The third-order valence-electron chi connectivity index (χ3n) is 7.03. The molecular weight excluding hydrogens is 492 g/mol. The zero-order valence-corrected chi connectivity index (χ0v) is 22.4. The Morgan fingerprint density at radius 1 is 0.949 bits per heavy atom. The molecule has 3 heterocycles. The van der Waals surface area contributed by atoms with Crippen LogP contribution in [0.2, 0.25) is 0 Å². The largest absolute Gasteiger partial charge is 0.456 e. The molecule has 9 nitrogen and oxygen atoms in total. The van der Waals surface area contributed by atoms with Crippen LogP contribution in [0.25, 0.3) is 0 Å². The normalized spacial score (nSPS) is 13.4. The lowest BCUT2D eigenvalue weighted by molar-refractivity contribution is 0.0951. The summed E-state index contributed by atoms with van der Waals surface area (Å²) in [7, 11) is 0. The molecule has 2 amide bonds. The van der Waals surface area contributed by atoms with Gasteiger partial charge in [0, 0.05) is 50.2 Å². The van der Waals surface area contributed by atoms with Gasteiger partial charge in [0.15, 0.2) is 5.76 Å². The third kappa shape index (κ3) is 6.31. The van der Waals surface area contributed by atoms with Crippen molar-refractivity contribution < 1.29 is 14.0 Å². The summed E-state index contributed by atoms with van der Waals surface area (Å²) >= 11 is 0. The zero-order chi connectivity index (χ0) is 27.2. The molecule has 0 atom stereocenters. The highest BCUT2D eigenvalue weighted by atomic mass is 16.3. The van der Waals surface area contributed by atoms with E-state index < -0.39 is 0 Å². The van der Waals surface area contributed by atoms with Crippen LogP contribution in [0.5, 0.6) is 0 Å². The number of carbonyl (C=O) groups is 2. The van der Waals surface area contributed by atoms with Crippen LogP contribution in [0.1, 0.15) is 44.2 Å². The number of H-pyrrole nitrogens is 1. The zero-order valence-electron chi connectivity index (χ0n) is 22.4. The molecule has 2 aromatic carbocycles. The first kappa shape index (κ1) is 26.1. The Labute approximate surface area is 228 Å². The molecule has 202 valence electrons. The van der Waals surface area contributed by atoms with E-state index in [0.717, 1.165) is 50.3 Å². The minimum Gasteiger partial charge on any atom is -0.456 e. The molecule has 1 aliphatic heterocycles. The number of furan rings is 1. The van der Waals surface area contributed by atoms with Crippen LogP contribution in [0.15, 0.2) is 71.4 Å². The number of nitrogens with zero attached hydrogens (tertiary/aromatic N) is 3. The van der Waals surface area contributed by atoms with Crippen molar-refractivity contribution in [2.45, 2.75) is 26.7 Å². The quantitative estimate of drug-likeness (QED) is 0.276. The lowest BCUT2D eigenvalue weighted by Gasteiger charge is -2.38. The standard InChI is InChI=1S/C30H34N6O3/c1-21-6-3-4-8-26(21)35-14-16-36(17-15-35)27-11-10-24(29(37)31-13-5-7-23-19-32-33-20-23)18-25(27)34-30(38)28-12-9-22(2)39-28/h3-4,6,8-12,18-20H,5,7,13-17H2,1-2H3,(H,31,37)(H,32,33)(H,34,38). The average molecular weight is 527 g/mol. The van der Waals surface area contributed by atoms with E-state index in [1.54, 1.807) is 31.3 Å². The average Bonchev–Trinajstić information content (AvgIpc) is 3.63. The van der Waals surface area contributed by atoms with Gasteiger partial charge in [-0.3, -0.25) is 14.7 Å². The highest BCUT2D eigenvalue weighted by Gasteiger charge is 2.23. The smallest absolute Gasteiger partial charge is 0.291 e. The molecule has 1 aliphatic rings. The summed E-state index contributed by atoms with van der Waals surface area (Å²) in [5, 5.41) is 12.7. The number of hydrogen-bond acceptors (Lipinski definition) is 6. The number of benzene rings is 2. The Bertz CT molecular complexity index is 1420. The van der Waals surface area contributed by atoms with Crippen molar-refractivity contribution in [2.24, 2.45) is 0 Å². The molecule has 0 spiro atoms. The molecule has 39 heavy (non-hydrogen) atoms. The molecule has 0 aliphatic carbocycles. The summed E-state index contributed by atoms with van der Waals surface area (Å²) < 4.78 is 5.53. The Hall–Kier alpha value is -4.53. The van der Waals surface area contributed by atoms with Crippen molar-refractivity contribution in [1.29, 1.82) is 0 Å². The molecule has 1 saturated heterocycles. The van der Waals surface area contributed by atoms with Gasteiger partial charge in [-0.05, 0) is 74.2 Å². The van der Waals surface area contributed by atoms with Crippen molar-refractivity contribution in [1.82, 2.24) is 15.5 Å². The molecular formula is C30H34N6O3. The lowest BCUT2D eigenvalue weighted by Crippen LogP contribution is -2.47. The Balaban J connectivity index is 1.30. The number of aryl methyl sites for hydroxylation is 3. The van der Waals surface area contributed by atoms with Gasteiger partial charge >= 0.3 is 0 Å². The van der Waals surface area contributed by atoms with Gasteiger partial charge in [0.1, 0.15) is 5.76 Å². The van der Waals surface area contributed by atoms with Crippen molar-refractivity contribution in [3.05, 3.63) is 95.2 Å². The van der Waals surface area contributed by atoms with Crippen LogP contribution in [0.4, 0.5) is 17.1 Å². The Kier molecular flexibility index (Phi) is 7.96. The fraction of sp³-hybridized carbons (Fsp3) is 0.300. The van der Waals surface area contributed by atoms with Crippen LogP contribution in [-0.4, -0.2) is 54.7 Å². The van der Waals surface area contributed by atoms with Crippen molar-refractivity contribution in [3.8, 4) is 0 Å². The van der Waals surface area contributed by atoms with E-state index in [4.69, 9.17) is 4.42 Å². The van der Waals surface area contributed by atoms with Crippen LogP contribution < -0.4 is 20.4 Å². The second kappa shape index (κ2) is 11.9. The summed E-state index contributed by atoms with van der Waals surface area (Å²) in [6.07, 6.45) is 5.28. The first-order valence-electron chi connectivity index (χ1n) is 13.3. The minimum atomic E-state index is -0.347. The summed E-state index contributed by atoms with van der Waals surface area (Å²) in [4.78, 5) is 30.6. The SMILES string of the molecule is Cc1ccc(C(=O)Nc2cc(C(=O)NCCCc3cn[nH]c3)ccc2N2CCN(c3ccccc3C)CC2)o1. The second-order valence-electron chi connectivity index (χ2n) is 9.82. The number of para-hydroxylation sites is 1. The predicted octanol–water partition coefficient (Wildman–Crippen LogP) is 4.56. The first-order chi connectivity index (χ1) is 19.0. The van der Waals surface area contributed by atoms with Gasteiger partial charge in [0.25, 0.3) is 11.8 Å². The van der Waals surface area contributed by atoms with Crippen LogP contribution in [0.3, 0.4) is 0 Å². The van der Waals surface area contributed by atoms with Crippen molar-refractivity contribution in [2.75, 3.05) is 47.8 Å². The highest BCUT2D eigenvalue weighted by Crippen LogP contribution is 2.30. The van der Waals surface area contributed by atoms with Gasteiger partial charge in [-0.1, -0.05) is 18.2 Å². The maximum absolute atomic E-state index is 13.0. The highest BCUT2D eigenvalue weighted by molar-refractivity contribution is 6.05. The number of aromatic amines is 1. The van der Waals surface area contributed by atoms with Crippen molar-refractivity contribution in [3.63, 3.8) is 0 Å². The van der Waals surface area contributed by atoms with E-state index in [0.29, 0.717) is 23.6 Å². The number of rotatable bonds is 9. The molecule has 5 rings (SSSR count). The molecule has 0 unspecified atom stereocenters. The number of amides is 2. The molecule has 0 bridgehead atoms. The topological polar surface area (TPSA) is 106 Å². The van der Waals surface area contributed by atoms with Crippen LogP contribution >= 0.6 is 0 Å². The number of aromatic nitrogens is 2.